The van der Waals surface area contributed by atoms with Crippen LogP contribution in [0.2, 0.25) is 0 Å². The van der Waals surface area contributed by atoms with E-state index in [1.807, 2.05) is 25.7 Å². The van der Waals surface area contributed by atoms with Crippen LogP contribution in [0.4, 0.5) is 10.5 Å². The second-order valence-corrected chi connectivity index (χ2v) is 9.38. The first-order chi connectivity index (χ1) is 13.1. The van der Waals surface area contributed by atoms with Crippen LogP contribution in [0.5, 0.6) is 5.75 Å². The predicted octanol–water partition coefficient (Wildman–Crippen LogP) is 1.80. The number of hydrogen-bond acceptors (Lipinski definition) is 5. The van der Waals surface area contributed by atoms with Crippen molar-refractivity contribution < 1.29 is 17.9 Å². The number of amidine groups is 1. The Labute approximate surface area is 165 Å². The van der Waals surface area contributed by atoms with E-state index in [-0.39, 0.29) is 23.4 Å². The Bertz CT molecular complexity index is 892. The molecule has 1 aromatic carbocycles. The van der Waals surface area contributed by atoms with Gasteiger partial charge in [-0.2, -0.15) is 8.42 Å². The summed E-state index contributed by atoms with van der Waals surface area (Å²) < 4.78 is 35.0. The fourth-order valence-corrected chi connectivity index (χ4v) is 4.28. The van der Waals surface area contributed by atoms with Crippen molar-refractivity contribution in [3.8, 4) is 5.75 Å². The lowest BCUT2D eigenvalue weighted by Gasteiger charge is -2.29. The lowest BCUT2D eigenvalue weighted by Crippen LogP contribution is -2.50. The number of likely N-dealkylation sites (tertiary alicyclic amines) is 1. The maximum Gasteiger partial charge on any atom is 0.344 e. The lowest BCUT2D eigenvalue weighted by molar-refractivity contribution is 0.173. The molecule has 0 aromatic heterocycles. The monoisotopic (exact) mass is 409 g/mol. The van der Waals surface area contributed by atoms with Crippen molar-refractivity contribution in [3.63, 3.8) is 0 Å². The highest BCUT2D eigenvalue weighted by atomic mass is 32.2. The Morgan fingerprint density at radius 3 is 2.89 bits per heavy atom. The summed E-state index contributed by atoms with van der Waals surface area (Å²) in [6, 6.07) is 5.06. The summed E-state index contributed by atoms with van der Waals surface area (Å²) in [5, 5.41) is 3.00. The van der Waals surface area contributed by atoms with Crippen LogP contribution in [0, 0.1) is 0 Å². The molecule has 2 heterocycles. The summed E-state index contributed by atoms with van der Waals surface area (Å²) in [5.41, 5.74) is 6.32. The second-order valence-electron chi connectivity index (χ2n) is 8.04. The van der Waals surface area contributed by atoms with E-state index in [2.05, 4.69) is 14.4 Å². The molecule has 2 aliphatic heterocycles. The Kier molecular flexibility index (Phi) is 5.42. The van der Waals surface area contributed by atoms with Crippen LogP contribution < -0.4 is 20.5 Å². The van der Waals surface area contributed by atoms with E-state index in [1.54, 1.807) is 18.2 Å². The Hall–Kier alpha value is -2.49. The van der Waals surface area contributed by atoms with E-state index < -0.39 is 10.2 Å². The number of fused-ring (bicyclic) bond motifs is 1. The molecule has 0 radical (unpaired) electrons. The normalized spacial score (nSPS) is 20.8. The van der Waals surface area contributed by atoms with Gasteiger partial charge in [-0.15, -0.1) is 4.40 Å². The number of nitrogens with one attached hydrogen (secondary N) is 2. The number of nitrogens with two attached hydrogens (primary N) is 1. The predicted molar refractivity (Wildman–Crippen MR) is 108 cm³/mol. The van der Waals surface area contributed by atoms with E-state index in [0.717, 1.165) is 19.4 Å². The second kappa shape index (κ2) is 7.50. The number of amides is 2. The van der Waals surface area contributed by atoms with Crippen molar-refractivity contribution in [1.29, 1.82) is 0 Å². The lowest BCUT2D eigenvalue weighted by atomic mass is 10.1. The summed E-state index contributed by atoms with van der Waals surface area (Å²) in [7, 11) is -3.82. The fourth-order valence-electron chi connectivity index (χ4n) is 3.44. The number of carbonyl (C=O) groups is 1. The Balaban J connectivity index is 1.64. The third-order valence-corrected chi connectivity index (χ3v) is 5.48. The molecule has 154 valence electrons. The Morgan fingerprint density at radius 1 is 1.43 bits per heavy atom. The molecule has 0 saturated carbocycles. The zero-order chi connectivity index (χ0) is 20.5. The van der Waals surface area contributed by atoms with E-state index in [9.17, 15) is 13.2 Å². The minimum Gasteiger partial charge on any atom is -0.493 e. The molecular weight excluding hydrogens is 382 g/mol. The number of hydrogen-bond donors (Lipinski definition) is 3. The van der Waals surface area contributed by atoms with E-state index in [0.29, 0.717) is 30.0 Å². The molecule has 2 aliphatic rings. The zero-order valence-corrected chi connectivity index (χ0v) is 17.2. The maximum atomic E-state index is 12.5. The molecule has 0 bridgehead atoms. The van der Waals surface area contributed by atoms with Gasteiger partial charge in [-0.25, -0.2) is 4.79 Å². The Morgan fingerprint density at radius 2 is 2.18 bits per heavy atom. The largest absolute Gasteiger partial charge is 0.493 e. The van der Waals surface area contributed by atoms with Crippen molar-refractivity contribution in [2.75, 3.05) is 17.9 Å². The summed E-state index contributed by atoms with van der Waals surface area (Å²) in [6.45, 7) is 6.97. The van der Waals surface area contributed by atoms with Gasteiger partial charge in [-0.3, -0.25) is 4.72 Å². The van der Waals surface area contributed by atoms with E-state index in [4.69, 9.17) is 10.5 Å². The SMILES string of the molecule is CC(C)(C)NC(=O)N1CCC[C@@H]1CCOc1cccc2c1C(N)=NS(=O)(=O)N2. The quantitative estimate of drug-likeness (QED) is 0.699. The van der Waals surface area contributed by atoms with Crippen LogP contribution in [0.1, 0.15) is 45.6 Å². The van der Waals surface area contributed by atoms with Gasteiger partial charge in [-0.1, -0.05) is 6.07 Å². The van der Waals surface area contributed by atoms with Crippen LogP contribution in [-0.2, 0) is 10.2 Å². The first-order valence-electron chi connectivity index (χ1n) is 9.29. The van der Waals surface area contributed by atoms with E-state index >= 15 is 0 Å². The molecule has 1 saturated heterocycles. The van der Waals surface area contributed by atoms with Gasteiger partial charge in [0.15, 0.2) is 5.84 Å². The number of anilines is 1. The molecule has 9 nitrogen and oxygen atoms in total. The highest BCUT2D eigenvalue weighted by molar-refractivity contribution is 7.91. The number of nitrogens with zero attached hydrogens (tertiary/aromatic N) is 2. The van der Waals surface area contributed by atoms with Crippen molar-refractivity contribution >= 4 is 27.8 Å². The van der Waals surface area contributed by atoms with Gasteiger partial charge in [-0.05, 0) is 45.7 Å². The van der Waals surface area contributed by atoms with Gasteiger partial charge >= 0.3 is 16.2 Å². The minimum absolute atomic E-state index is 0.0575. The number of rotatable bonds is 4. The van der Waals surface area contributed by atoms with Crippen LogP contribution >= 0.6 is 0 Å². The van der Waals surface area contributed by atoms with Gasteiger partial charge in [0.25, 0.3) is 0 Å². The number of benzene rings is 1. The molecule has 10 heteroatoms. The molecule has 4 N–H and O–H groups in total. The van der Waals surface area contributed by atoms with Crippen molar-refractivity contribution in [1.82, 2.24) is 10.2 Å². The van der Waals surface area contributed by atoms with Crippen molar-refractivity contribution in [2.45, 2.75) is 51.6 Å². The third kappa shape index (κ3) is 4.67. The van der Waals surface area contributed by atoms with E-state index in [1.165, 1.54) is 0 Å². The molecule has 0 spiro atoms. The molecule has 2 amide bonds. The van der Waals surface area contributed by atoms with Crippen LogP contribution in [-0.4, -0.2) is 49.9 Å². The van der Waals surface area contributed by atoms with Crippen molar-refractivity contribution in [3.05, 3.63) is 23.8 Å². The molecule has 0 unspecified atom stereocenters. The van der Waals surface area contributed by atoms with Gasteiger partial charge in [0.05, 0.1) is 17.9 Å². The molecule has 3 rings (SSSR count). The molecule has 0 aliphatic carbocycles. The van der Waals surface area contributed by atoms with Gasteiger partial charge in [0.1, 0.15) is 5.75 Å². The number of urea groups is 1. The van der Waals surface area contributed by atoms with Crippen LogP contribution in [0.15, 0.2) is 22.6 Å². The molecule has 1 atom stereocenters. The van der Waals surface area contributed by atoms with Crippen molar-refractivity contribution in [2.24, 2.45) is 10.1 Å². The highest BCUT2D eigenvalue weighted by Gasteiger charge is 2.30. The number of ether oxygens (including phenoxy) is 1. The average molecular weight is 410 g/mol. The molecule has 28 heavy (non-hydrogen) atoms. The smallest absolute Gasteiger partial charge is 0.344 e. The highest BCUT2D eigenvalue weighted by Crippen LogP contribution is 2.31. The third-order valence-electron chi connectivity index (χ3n) is 4.57. The topological polar surface area (TPSA) is 126 Å². The first kappa shape index (κ1) is 20.2. The van der Waals surface area contributed by atoms with Gasteiger partial charge in [0.2, 0.25) is 0 Å². The zero-order valence-electron chi connectivity index (χ0n) is 16.4. The summed E-state index contributed by atoms with van der Waals surface area (Å²) >= 11 is 0. The summed E-state index contributed by atoms with van der Waals surface area (Å²) in [4.78, 5) is 14.3. The summed E-state index contributed by atoms with van der Waals surface area (Å²) in [6.07, 6.45) is 2.56. The van der Waals surface area contributed by atoms with Gasteiger partial charge < -0.3 is 20.7 Å². The van der Waals surface area contributed by atoms with Crippen LogP contribution in [0.3, 0.4) is 0 Å². The molecular formula is C18H27N5O4S. The summed E-state index contributed by atoms with van der Waals surface area (Å²) in [5.74, 6) is 0.362. The van der Waals surface area contributed by atoms with Gasteiger partial charge in [0, 0.05) is 24.5 Å². The molecule has 1 fully saturated rings. The maximum absolute atomic E-state index is 12.5. The standard InChI is InChI=1S/C18H27N5O4S/c1-18(2,3)20-17(24)23-10-5-6-12(23)9-11-27-14-8-4-7-13-15(14)16(19)22-28(25,26)21-13/h4,7-8,12,21H,5-6,9-11H2,1-3H3,(H2,19,22)(H,20,24)/t12-/m1/s1. The van der Waals surface area contributed by atoms with Crippen LogP contribution in [0.25, 0.3) is 0 Å². The fraction of sp³-hybridized carbons (Fsp3) is 0.556. The minimum atomic E-state index is -3.82. The average Bonchev–Trinajstić information content (AvgIpc) is 3.00. The number of carbonyl (C=O) groups excluding carboxylic acids is 1. The first-order valence-corrected chi connectivity index (χ1v) is 10.7. The molecule has 1 aromatic rings.